The summed E-state index contributed by atoms with van der Waals surface area (Å²) in [7, 11) is 5.24. The molecule has 0 aliphatic rings. The van der Waals surface area contributed by atoms with Crippen molar-refractivity contribution >= 4 is 11.6 Å². The van der Waals surface area contributed by atoms with E-state index in [1.165, 1.54) is 0 Å². The molecule has 0 aliphatic carbocycles. The van der Waals surface area contributed by atoms with Gasteiger partial charge in [0.05, 0.1) is 7.11 Å². The summed E-state index contributed by atoms with van der Waals surface area (Å²) in [5.41, 5.74) is 6.73. The van der Waals surface area contributed by atoms with Crippen LogP contribution in [-0.2, 0) is 4.79 Å². The molecule has 0 aliphatic heterocycles. The van der Waals surface area contributed by atoms with E-state index in [9.17, 15) is 4.79 Å². The summed E-state index contributed by atoms with van der Waals surface area (Å²) in [6.07, 6.45) is 2.33. The lowest BCUT2D eigenvalue weighted by Gasteiger charge is -2.25. The number of carbonyl (C=O) groups excluding carboxylic acids is 1. The maximum absolute atomic E-state index is 11.6. The second-order valence-electron chi connectivity index (χ2n) is 5.22. The molecule has 118 valence electrons. The monoisotopic (exact) mass is 293 g/mol. The van der Waals surface area contributed by atoms with Crippen molar-refractivity contribution in [3.63, 3.8) is 0 Å². The van der Waals surface area contributed by atoms with Gasteiger partial charge < -0.3 is 20.3 Å². The average Bonchev–Trinajstić information content (AvgIpc) is 2.50. The normalized spacial score (nSPS) is 10.3. The third kappa shape index (κ3) is 6.04. The van der Waals surface area contributed by atoms with Crippen molar-refractivity contribution in [3.8, 4) is 5.75 Å². The minimum atomic E-state index is 0.166. The maximum Gasteiger partial charge on any atom is 0.222 e. The predicted octanol–water partition coefficient (Wildman–Crippen LogP) is 1.72. The second kappa shape index (κ2) is 9.23. The first-order valence-electron chi connectivity index (χ1n) is 7.37. The number of rotatable bonds is 9. The predicted molar refractivity (Wildman–Crippen MR) is 86.8 cm³/mol. The SMILES string of the molecule is COc1cccc(N(CCCN)CCCC(=O)N(C)C)c1. The number of carbonyl (C=O) groups is 1. The zero-order valence-electron chi connectivity index (χ0n) is 13.3. The summed E-state index contributed by atoms with van der Waals surface area (Å²) in [6.45, 7) is 2.39. The van der Waals surface area contributed by atoms with E-state index in [2.05, 4.69) is 11.0 Å². The Hall–Kier alpha value is -1.75. The summed E-state index contributed by atoms with van der Waals surface area (Å²) >= 11 is 0. The fourth-order valence-corrected chi connectivity index (χ4v) is 2.10. The average molecular weight is 293 g/mol. The summed E-state index contributed by atoms with van der Waals surface area (Å²) < 4.78 is 5.27. The van der Waals surface area contributed by atoms with Gasteiger partial charge in [-0.15, -0.1) is 0 Å². The fourth-order valence-electron chi connectivity index (χ4n) is 2.10. The van der Waals surface area contributed by atoms with Crippen LogP contribution in [0.5, 0.6) is 5.75 Å². The third-order valence-electron chi connectivity index (χ3n) is 3.37. The van der Waals surface area contributed by atoms with Crippen molar-refractivity contribution < 1.29 is 9.53 Å². The number of nitrogens with two attached hydrogens (primary N) is 1. The van der Waals surface area contributed by atoms with E-state index in [-0.39, 0.29) is 5.91 Å². The second-order valence-corrected chi connectivity index (χ2v) is 5.22. The van der Waals surface area contributed by atoms with Crippen LogP contribution in [-0.4, -0.2) is 51.6 Å². The Kier molecular flexibility index (Phi) is 7.61. The molecule has 1 aromatic rings. The van der Waals surface area contributed by atoms with E-state index in [0.717, 1.165) is 37.4 Å². The Morgan fingerprint density at radius 1 is 1.24 bits per heavy atom. The number of hydrogen-bond donors (Lipinski definition) is 1. The molecule has 5 nitrogen and oxygen atoms in total. The molecule has 1 aromatic carbocycles. The van der Waals surface area contributed by atoms with E-state index in [1.54, 1.807) is 26.1 Å². The van der Waals surface area contributed by atoms with E-state index in [1.807, 2.05) is 18.2 Å². The van der Waals surface area contributed by atoms with Crippen LogP contribution < -0.4 is 15.4 Å². The molecule has 0 spiro atoms. The van der Waals surface area contributed by atoms with Gasteiger partial charge in [0.25, 0.3) is 0 Å². The fraction of sp³-hybridized carbons (Fsp3) is 0.562. The number of anilines is 1. The maximum atomic E-state index is 11.6. The van der Waals surface area contributed by atoms with Gasteiger partial charge in [-0.3, -0.25) is 4.79 Å². The zero-order valence-corrected chi connectivity index (χ0v) is 13.3. The van der Waals surface area contributed by atoms with Crippen LogP contribution in [0.15, 0.2) is 24.3 Å². The summed E-state index contributed by atoms with van der Waals surface area (Å²) in [6, 6.07) is 7.99. The van der Waals surface area contributed by atoms with Gasteiger partial charge in [-0.05, 0) is 31.5 Å². The summed E-state index contributed by atoms with van der Waals surface area (Å²) in [4.78, 5) is 15.5. The van der Waals surface area contributed by atoms with Gasteiger partial charge >= 0.3 is 0 Å². The van der Waals surface area contributed by atoms with Crippen molar-refractivity contribution in [2.45, 2.75) is 19.3 Å². The van der Waals surface area contributed by atoms with Gasteiger partial charge in [0.15, 0.2) is 0 Å². The number of ether oxygens (including phenoxy) is 1. The molecular formula is C16H27N3O2. The van der Waals surface area contributed by atoms with Crippen LogP contribution in [0.2, 0.25) is 0 Å². The number of nitrogens with zero attached hydrogens (tertiary/aromatic N) is 2. The van der Waals surface area contributed by atoms with Crippen LogP contribution in [0, 0.1) is 0 Å². The largest absolute Gasteiger partial charge is 0.497 e. The van der Waals surface area contributed by atoms with Crippen LogP contribution in [0.3, 0.4) is 0 Å². The third-order valence-corrected chi connectivity index (χ3v) is 3.37. The Balaban J connectivity index is 2.64. The van der Waals surface area contributed by atoms with Crippen molar-refractivity contribution in [1.82, 2.24) is 4.90 Å². The van der Waals surface area contributed by atoms with Crippen LogP contribution in [0.1, 0.15) is 19.3 Å². The highest BCUT2D eigenvalue weighted by atomic mass is 16.5. The van der Waals surface area contributed by atoms with Crippen molar-refractivity contribution in [3.05, 3.63) is 24.3 Å². The van der Waals surface area contributed by atoms with E-state index >= 15 is 0 Å². The molecule has 0 saturated heterocycles. The summed E-state index contributed by atoms with van der Waals surface area (Å²) in [5, 5.41) is 0. The molecular weight excluding hydrogens is 266 g/mol. The summed E-state index contributed by atoms with van der Waals surface area (Å²) in [5.74, 6) is 1.01. The van der Waals surface area contributed by atoms with Gasteiger partial charge in [-0.2, -0.15) is 0 Å². The molecule has 21 heavy (non-hydrogen) atoms. The number of benzene rings is 1. The van der Waals surface area contributed by atoms with Gasteiger partial charge in [-0.25, -0.2) is 0 Å². The van der Waals surface area contributed by atoms with E-state index in [4.69, 9.17) is 10.5 Å². The molecule has 0 aromatic heterocycles. The highest BCUT2D eigenvalue weighted by molar-refractivity contribution is 5.75. The van der Waals surface area contributed by atoms with Crippen molar-refractivity contribution in [1.29, 1.82) is 0 Å². The lowest BCUT2D eigenvalue weighted by atomic mass is 10.2. The number of methoxy groups -OCH3 is 1. The quantitative estimate of drug-likeness (QED) is 0.753. The lowest BCUT2D eigenvalue weighted by Crippen LogP contribution is -2.29. The molecule has 0 fully saturated rings. The first-order valence-corrected chi connectivity index (χ1v) is 7.37. The molecule has 5 heteroatoms. The van der Waals surface area contributed by atoms with Crippen molar-refractivity contribution in [2.24, 2.45) is 5.73 Å². The Morgan fingerprint density at radius 2 is 1.95 bits per heavy atom. The molecule has 2 N–H and O–H groups in total. The van der Waals surface area contributed by atoms with Crippen LogP contribution >= 0.6 is 0 Å². The first kappa shape index (κ1) is 17.3. The number of hydrogen-bond acceptors (Lipinski definition) is 4. The number of amides is 1. The smallest absolute Gasteiger partial charge is 0.222 e. The molecule has 1 rings (SSSR count). The van der Waals surface area contributed by atoms with Crippen LogP contribution in [0.25, 0.3) is 0 Å². The minimum Gasteiger partial charge on any atom is -0.497 e. The highest BCUT2D eigenvalue weighted by Crippen LogP contribution is 2.21. The Bertz CT molecular complexity index is 435. The topological polar surface area (TPSA) is 58.8 Å². The minimum absolute atomic E-state index is 0.166. The highest BCUT2D eigenvalue weighted by Gasteiger charge is 2.09. The molecule has 1 amide bonds. The van der Waals surface area contributed by atoms with Gasteiger partial charge in [0, 0.05) is 45.4 Å². The molecule has 0 radical (unpaired) electrons. The van der Waals surface area contributed by atoms with Gasteiger partial charge in [0.1, 0.15) is 5.75 Å². The Morgan fingerprint density at radius 3 is 2.57 bits per heavy atom. The first-order chi connectivity index (χ1) is 10.1. The van der Waals surface area contributed by atoms with Gasteiger partial charge in [-0.1, -0.05) is 6.07 Å². The Labute approximate surface area is 127 Å². The van der Waals surface area contributed by atoms with Crippen LogP contribution in [0.4, 0.5) is 5.69 Å². The zero-order chi connectivity index (χ0) is 15.7. The lowest BCUT2D eigenvalue weighted by molar-refractivity contribution is -0.128. The molecule has 0 heterocycles. The van der Waals surface area contributed by atoms with Crippen molar-refractivity contribution in [2.75, 3.05) is 45.7 Å². The van der Waals surface area contributed by atoms with E-state index in [0.29, 0.717) is 13.0 Å². The van der Waals surface area contributed by atoms with E-state index < -0.39 is 0 Å². The molecule has 0 unspecified atom stereocenters. The molecule has 0 saturated carbocycles. The van der Waals surface area contributed by atoms with Gasteiger partial charge in [0.2, 0.25) is 5.91 Å². The molecule has 0 bridgehead atoms. The molecule has 0 atom stereocenters. The standard InChI is InChI=1S/C16H27N3O2/c1-18(2)16(20)9-5-11-19(12-6-10-17)14-7-4-8-15(13-14)21-3/h4,7-8,13H,5-6,9-12,17H2,1-3H3.